The fourth-order valence-corrected chi connectivity index (χ4v) is 2.99. The van der Waals surface area contributed by atoms with Gasteiger partial charge < -0.3 is 5.32 Å². The average molecular weight is 315 g/mol. The van der Waals surface area contributed by atoms with Gasteiger partial charge in [-0.05, 0) is 18.9 Å². The zero-order chi connectivity index (χ0) is 15.4. The number of halogens is 3. The maximum absolute atomic E-state index is 12.0. The minimum atomic E-state index is -4.59. The molecule has 1 amide bonds. The molecule has 0 unspecified atom stereocenters. The molecule has 6 nitrogen and oxygen atoms in total. The molecule has 0 aromatic carbocycles. The normalized spacial score (nSPS) is 18.8. The highest BCUT2D eigenvalue weighted by molar-refractivity contribution is 7.87. The van der Waals surface area contributed by atoms with E-state index < -0.39 is 22.9 Å². The third-order valence-corrected chi connectivity index (χ3v) is 4.33. The topological polar surface area (TPSA) is 78.5 Å². The van der Waals surface area contributed by atoms with Crippen molar-refractivity contribution in [1.29, 1.82) is 0 Å². The average Bonchev–Trinajstić information content (AvgIpc) is 2.36. The molecule has 0 aliphatic carbocycles. The van der Waals surface area contributed by atoms with Crippen molar-refractivity contribution in [3.63, 3.8) is 0 Å². The Labute approximate surface area is 115 Å². The first-order valence-electron chi connectivity index (χ1n) is 5.88. The summed E-state index contributed by atoms with van der Waals surface area (Å²) >= 11 is 0. The van der Waals surface area contributed by atoms with Crippen LogP contribution in [0.4, 0.5) is 13.2 Å². The zero-order valence-electron chi connectivity index (χ0n) is 10.6. The molecular formula is C10H16F3N3O3S. The molecule has 0 radical (unpaired) electrons. The highest BCUT2D eigenvalue weighted by atomic mass is 32.2. The molecule has 0 aromatic rings. The predicted molar refractivity (Wildman–Crippen MR) is 65.9 cm³/mol. The lowest BCUT2D eigenvalue weighted by atomic mass is 10.1. The van der Waals surface area contributed by atoms with Gasteiger partial charge in [0.15, 0.2) is 0 Å². The molecule has 1 aliphatic heterocycles. The van der Waals surface area contributed by atoms with E-state index in [1.165, 1.54) is 4.72 Å². The van der Waals surface area contributed by atoms with Gasteiger partial charge in [0.1, 0.15) is 6.54 Å². The van der Waals surface area contributed by atoms with Gasteiger partial charge in [-0.3, -0.25) is 4.79 Å². The largest absolute Gasteiger partial charge is 0.402 e. The van der Waals surface area contributed by atoms with Crippen molar-refractivity contribution >= 4 is 16.1 Å². The van der Waals surface area contributed by atoms with Crippen LogP contribution >= 0.6 is 0 Å². The number of alkyl halides is 3. The molecule has 0 bridgehead atoms. The second-order valence-electron chi connectivity index (χ2n) is 4.33. The fraction of sp³-hybridized carbons (Fsp3) is 0.700. The first-order chi connectivity index (χ1) is 9.14. The molecule has 1 heterocycles. The van der Waals surface area contributed by atoms with E-state index in [0.717, 1.165) is 10.4 Å². The Kier molecular flexibility index (Phi) is 5.54. The van der Waals surface area contributed by atoms with Crippen molar-refractivity contribution in [2.75, 3.05) is 19.6 Å². The van der Waals surface area contributed by atoms with Gasteiger partial charge >= 0.3 is 6.18 Å². The lowest BCUT2D eigenvalue weighted by molar-refractivity contribution is -0.121. The van der Waals surface area contributed by atoms with E-state index in [-0.39, 0.29) is 25.0 Å². The van der Waals surface area contributed by atoms with Crippen LogP contribution in [0.15, 0.2) is 12.7 Å². The summed E-state index contributed by atoms with van der Waals surface area (Å²) in [7, 11) is -4.14. The minimum absolute atomic E-state index is 0.0509. The van der Waals surface area contributed by atoms with E-state index in [9.17, 15) is 26.4 Å². The van der Waals surface area contributed by atoms with E-state index >= 15 is 0 Å². The number of nitrogens with zero attached hydrogens (tertiary/aromatic N) is 1. The molecule has 0 atom stereocenters. The summed E-state index contributed by atoms with van der Waals surface area (Å²) < 4.78 is 61.7. The standard InChI is InChI=1S/C10H16F3N3O3S/c1-2-9(17)15-8-3-5-16(6-4-8)20(18,19)14-7-10(11,12)13/h2,8,14H,1,3-7H2,(H,15,17). The van der Waals surface area contributed by atoms with Crippen molar-refractivity contribution in [3.8, 4) is 0 Å². The monoisotopic (exact) mass is 315 g/mol. The molecule has 1 rings (SSSR count). The van der Waals surface area contributed by atoms with Gasteiger partial charge in [-0.25, -0.2) is 0 Å². The summed E-state index contributed by atoms with van der Waals surface area (Å²) in [5.41, 5.74) is 0. The SMILES string of the molecule is C=CC(=O)NC1CCN(S(=O)(=O)NCC(F)(F)F)CC1. The predicted octanol–water partition coefficient (Wildman–Crippen LogP) is 0.150. The van der Waals surface area contributed by atoms with Gasteiger partial charge in [0, 0.05) is 19.1 Å². The lowest BCUT2D eigenvalue weighted by Gasteiger charge is -2.31. The summed E-state index contributed by atoms with van der Waals surface area (Å²) in [5, 5.41) is 2.62. The second-order valence-corrected chi connectivity index (χ2v) is 6.08. The number of hydrogen-bond acceptors (Lipinski definition) is 3. The smallest absolute Gasteiger partial charge is 0.350 e. The summed E-state index contributed by atoms with van der Waals surface area (Å²) in [6, 6.07) is -0.199. The van der Waals surface area contributed by atoms with Crippen LogP contribution in [-0.4, -0.2) is 50.5 Å². The van der Waals surface area contributed by atoms with Crippen LogP contribution in [0.2, 0.25) is 0 Å². The van der Waals surface area contributed by atoms with Crippen LogP contribution in [0.3, 0.4) is 0 Å². The molecule has 10 heteroatoms. The van der Waals surface area contributed by atoms with E-state index in [2.05, 4.69) is 11.9 Å². The first kappa shape index (κ1) is 16.9. The number of rotatable bonds is 5. The summed E-state index contributed by atoms with van der Waals surface area (Å²) in [4.78, 5) is 11.1. The van der Waals surface area contributed by atoms with Crippen LogP contribution in [0, 0.1) is 0 Å². The van der Waals surface area contributed by atoms with Crippen LogP contribution in [-0.2, 0) is 15.0 Å². The van der Waals surface area contributed by atoms with E-state index in [1.807, 2.05) is 0 Å². The Hall–Kier alpha value is -1.13. The van der Waals surface area contributed by atoms with Crippen molar-refractivity contribution in [2.45, 2.75) is 25.1 Å². The number of amides is 1. The van der Waals surface area contributed by atoms with E-state index in [0.29, 0.717) is 12.8 Å². The highest BCUT2D eigenvalue weighted by Gasteiger charge is 2.33. The van der Waals surface area contributed by atoms with Gasteiger partial charge in [0.2, 0.25) is 5.91 Å². The number of piperidine rings is 1. The summed E-state index contributed by atoms with van der Waals surface area (Å²) in [5.74, 6) is -0.360. The molecule has 1 fully saturated rings. The molecule has 1 saturated heterocycles. The molecule has 116 valence electrons. The third kappa shape index (κ3) is 5.47. The fourth-order valence-electron chi connectivity index (χ4n) is 1.76. The molecule has 20 heavy (non-hydrogen) atoms. The van der Waals surface area contributed by atoms with Gasteiger partial charge in [-0.2, -0.15) is 30.6 Å². The molecule has 0 spiro atoms. The van der Waals surface area contributed by atoms with Gasteiger partial charge in [-0.15, -0.1) is 0 Å². The number of hydrogen-bond donors (Lipinski definition) is 2. The Morgan fingerprint density at radius 2 is 1.90 bits per heavy atom. The third-order valence-electron chi connectivity index (χ3n) is 2.78. The van der Waals surface area contributed by atoms with Gasteiger partial charge in [-0.1, -0.05) is 6.58 Å². The number of nitrogens with one attached hydrogen (secondary N) is 2. The Bertz CT molecular complexity index is 456. The highest BCUT2D eigenvalue weighted by Crippen LogP contribution is 2.16. The number of carbonyl (C=O) groups is 1. The first-order valence-corrected chi connectivity index (χ1v) is 7.32. The molecule has 1 aliphatic rings. The Balaban J connectivity index is 2.47. The molecule has 0 aromatic heterocycles. The maximum Gasteiger partial charge on any atom is 0.402 e. The van der Waals surface area contributed by atoms with E-state index in [4.69, 9.17) is 0 Å². The minimum Gasteiger partial charge on any atom is -0.350 e. The Morgan fingerprint density at radius 3 is 2.35 bits per heavy atom. The van der Waals surface area contributed by atoms with Crippen LogP contribution < -0.4 is 10.0 Å². The second kappa shape index (κ2) is 6.55. The molecular weight excluding hydrogens is 299 g/mol. The maximum atomic E-state index is 12.0. The van der Waals surface area contributed by atoms with Crippen molar-refractivity contribution < 1.29 is 26.4 Å². The van der Waals surface area contributed by atoms with Crippen LogP contribution in [0.5, 0.6) is 0 Å². The summed E-state index contributed by atoms with van der Waals surface area (Å²) in [6.07, 6.45) is -2.81. The van der Waals surface area contributed by atoms with Crippen LogP contribution in [0.1, 0.15) is 12.8 Å². The zero-order valence-corrected chi connectivity index (χ0v) is 11.4. The van der Waals surface area contributed by atoms with Crippen molar-refractivity contribution in [2.24, 2.45) is 0 Å². The van der Waals surface area contributed by atoms with Crippen molar-refractivity contribution in [3.05, 3.63) is 12.7 Å². The Morgan fingerprint density at radius 1 is 1.35 bits per heavy atom. The molecule has 0 saturated carbocycles. The van der Waals surface area contributed by atoms with Crippen LogP contribution in [0.25, 0.3) is 0 Å². The summed E-state index contributed by atoms with van der Waals surface area (Å²) in [6.45, 7) is 1.80. The lowest BCUT2D eigenvalue weighted by Crippen LogP contribution is -2.50. The van der Waals surface area contributed by atoms with Gasteiger partial charge in [0.05, 0.1) is 0 Å². The van der Waals surface area contributed by atoms with E-state index in [1.54, 1.807) is 0 Å². The van der Waals surface area contributed by atoms with Crippen molar-refractivity contribution in [1.82, 2.24) is 14.3 Å². The van der Waals surface area contributed by atoms with Gasteiger partial charge in [0.25, 0.3) is 10.2 Å². The number of carbonyl (C=O) groups excluding carboxylic acids is 1. The molecule has 2 N–H and O–H groups in total. The quantitative estimate of drug-likeness (QED) is 0.709.